The van der Waals surface area contributed by atoms with Gasteiger partial charge in [-0.3, -0.25) is 4.79 Å². The maximum atomic E-state index is 11.9. The average molecular weight is 374 g/mol. The summed E-state index contributed by atoms with van der Waals surface area (Å²) in [5, 5.41) is 6.34. The number of hydrogen-bond acceptors (Lipinski definition) is 5. The number of ether oxygens (including phenoxy) is 1. The third kappa shape index (κ3) is 8.24. The Morgan fingerprint density at radius 3 is 2.67 bits per heavy atom. The Labute approximate surface area is 155 Å². The predicted octanol–water partition coefficient (Wildman–Crippen LogP) is 2.01. The zero-order valence-corrected chi connectivity index (χ0v) is 15.9. The molecule has 0 aromatic heterocycles. The highest BCUT2D eigenvalue weighted by atomic mass is 35.5. The summed E-state index contributed by atoms with van der Waals surface area (Å²) in [6.45, 7) is 8.83. The molecule has 1 amide bonds. The Kier molecular flexibility index (Phi) is 10.9. The molecule has 0 aliphatic carbocycles. The summed E-state index contributed by atoms with van der Waals surface area (Å²) in [6.07, 6.45) is 1.01. The Hall–Kier alpha value is -0.950. The lowest BCUT2D eigenvalue weighted by molar-refractivity contribution is -0.118. The lowest BCUT2D eigenvalue weighted by atomic mass is 10.3. The van der Waals surface area contributed by atoms with Crippen LogP contribution in [0.2, 0.25) is 0 Å². The summed E-state index contributed by atoms with van der Waals surface area (Å²) in [4.78, 5) is 15.4. The molecule has 1 aliphatic rings. The third-order valence-corrected chi connectivity index (χ3v) is 4.70. The number of thioether (sulfide) groups is 1. The van der Waals surface area contributed by atoms with Gasteiger partial charge in [0.15, 0.2) is 0 Å². The van der Waals surface area contributed by atoms with E-state index >= 15 is 0 Å². The monoisotopic (exact) mass is 373 g/mol. The summed E-state index contributed by atoms with van der Waals surface area (Å²) in [5.41, 5.74) is 0. The van der Waals surface area contributed by atoms with E-state index in [0.29, 0.717) is 12.4 Å². The van der Waals surface area contributed by atoms with Crippen molar-refractivity contribution in [1.29, 1.82) is 0 Å². The lowest BCUT2D eigenvalue weighted by Crippen LogP contribution is -2.44. The fourth-order valence-corrected chi connectivity index (χ4v) is 3.19. The topological polar surface area (TPSA) is 53.6 Å². The number of halogens is 1. The van der Waals surface area contributed by atoms with E-state index in [2.05, 4.69) is 15.5 Å². The van der Waals surface area contributed by atoms with Gasteiger partial charge in [0.2, 0.25) is 5.91 Å². The molecule has 136 valence electrons. The molecule has 0 unspecified atom stereocenters. The van der Waals surface area contributed by atoms with Gasteiger partial charge in [0, 0.05) is 37.6 Å². The van der Waals surface area contributed by atoms with E-state index in [9.17, 15) is 4.79 Å². The van der Waals surface area contributed by atoms with E-state index in [1.165, 1.54) is 0 Å². The SMILES string of the molecule is CCOc1ccc(SCC(=O)NCCCN2CCNCC2)cc1.Cl. The fraction of sp³-hybridized carbons (Fsp3) is 0.588. The number of rotatable bonds is 9. The van der Waals surface area contributed by atoms with Crippen LogP contribution in [-0.2, 0) is 4.79 Å². The number of hydrogen-bond donors (Lipinski definition) is 2. The Balaban J connectivity index is 0.00000288. The number of carbonyl (C=O) groups excluding carboxylic acids is 1. The van der Waals surface area contributed by atoms with Crippen LogP contribution in [0.15, 0.2) is 29.2 Å². The van der Waals surface area contributed by atoms with Gasteiger partial charge < -0.3 is 20.3 Å². The van der Waals surface area contributed by atoms with Crippen molar-refractivity contribution in [1.82, 2.24) is 15.5 Å². The summed E-state index contributed by atoms with van der Waals surface area (Å²) in [7, 11) is 0. The van der Waals surface area contributed by atoms with E-state index in [1.807, 2.05) is 31.2 Å². The van der Waals surface area contributed by atoms with Crippen LogP contribution in [0.4, 0.5) is 0 Å². The van der Waals surface area contributed by atoms with Gasteiger partial charge in [-0.25, -0.2) is 0 Å². The van der Waals surface area contributed by atoms with Gasteiger partial charge in [-0.15, -0.1) is 24.2 Å². The van der Waals surface area contributed by atoms with Gasteiger partial charge in [-0.2, -0.15) is 0 Å². The molecular formula is C17H28ClN3O2S. The average Bonchev–Trinajstić information content (AvgIpc) is 2.59. The highest BCUT2D eigenvalue weighted by Crippen LogP contribution is 2.21. The van der Waals surface area contributed by atoms with Gasteiger partial charge in [-0.05, 0) is 44.2 Å². The first kappa shape index (κ1) is 21.1. The lowest BCUT2D eigenvalue weighted by Gasteiger charge is -2.27. The molecule has 1 aliphatic heterocycles. The molecule has 0 saturated carbocycles. The maximum absolute atomic E-state index is 11.9. The molecule has 2 N–H and O–H groups in total. The van der Waals surface area contributed by atoms with Gasteiger partial charge in [0.05, 0.1) is 12.4 Å². The first-order chi connectivity index (χ1) is 11.3. The quantitative estimate of drug-likeness (QED) is 0.512. The second-order valence-electron chi connectivity index (χ2n) is 5.49. The molecule has 1 saturated heterocycles. The van der Waals surface area contributed by atoms with Gasteiger partial charge >= 0.3 is 0 Å². The van der Waals surface area contributed by atoms with E-state index in [-0.39, 0.29) is 18.3 Å². The second kappa shape index (κ2) is 12.4. The summed E-state index contributed by atoms with van der Waals surface area (Å²) >= 11 is 1.56. The van der Waals surface area contributed by atoms with Crippen LogP contribution in [0, 0.1) is 0 Å². The smallest absolute Gasteiger partial charge is 0.230 e. The number of amides is 1. The van der Waals surface area contributed by atoms with Crippen molar-refractivity contribution in [2.75, 3.05) is 51.6 Å². The molecule has 1 fully saturated rings. The van der Waals surface area contributed by atoms with Crippen molar-refractivity contribution in [2.45, 2.75) is 18.2 Å². The zero-order chi connectivity index (χ0) is 16.3. The largest absolute Gasteiger partial charge is 0.494 e. The molecule has 1 aromatic rings. The first-order valence-electron chi connectivity index (χ1n) is 8.33. The molecule has 5 nitrogen and oxygen atoms in total. The Morgan fingerprint density at radius 2 is 2.00 bits per heavy atom. The summed E-state index contributed by atoms with van der Waals surface area (Å²) < 4.78 is 5.41. The van der Waals surface area contributed by atoms with Crippen molar-refractivity contribution in [3.8, 4) is 5.75 Å². The number of nitrogens with zero attached hydrogens (tertiary/aromatic N) is 1. The number of benzene rings is 1. The Morgan fingerprint density at radius 1 is 1.29 bits per heavy atom. The normalized spacial score (nSPS) is 14.7. The summed E-state index contributed by atoms with van der Waals surface area (Å²) in [5.74, 6) is 1.43. The third-order valence-electron chi connectivity index (χ3n) is 3.69. The molecule has 0 spiro atoms. The highest BCUT2D eigenvalue weighted by molar-refractivity contribution is 8.00. The molecular weight excluding hydrogens is 346 g/mol. The minimum absolute atomic E-state index is 0. The highest BCUT2D eigenvalue weighted by Gasteiger charge is 2.09. The van der Waals surface area contributed by atoms with Gasteiger partial charge in [0.25, 0.3) is 0 Å². The van der Waals surface area contributed by atoms with Crippen LogP contribution in [0.3, 0.4) is 0 Å². The molecule has 0 radical (unpaired) electrons. The number of piperazine rings is 1. The zero-order valence-electron chi connectivity index (χ0n) is 14.3. The van der Waals surface area contributed by atoms with Crippen LogP contribution < -0.4 is 15.4 Å². The van der Waals surface area contributed by atoms with E-state index < -0.39 is 0 Å². The molecule has 1 heterocycles. The first-order valence-corrected chi connectivity index (χ1v) is 9.32. The van der Waals surface area contributed by atoms with E-state index in [0.717, 1.165) is 56.3 Å². The molecule has 0 bridgehead atoms. The van der Waals surface area contributed by atoms with Crippen molar-refractivity contribution >= 4 is 30.1 Å². The molecule has 1 aromatic carbocycles. The van der Waals surface area contributed by atoms with Crippen molar-refractivity contribution in [3.63, 3.8) is 0 Å². The molecule has 2 rings (SSSR count). The van der Waals surface area contributed by atoms with E-state index in [4.69, 9.17) is 4.74 Å². The Bertz CT molecular complexity index is 467. The molecule has 7 heteroatoms. The predicted molar refractivity (Wildman–Crippen MR) is 103 cm³/mol. The van der Waals surface area contributed by atoms with E-state index in [1.54, 1.807) is 11.8 Å². The minimum atomic E-state index is 0. The van der Waals surface area contributed by atoms with Crippen LogP contribution >= 0.6 is 24.2 Å². The van der Waals surface area contributed by atoms with Gasteiger partial charge in [0.1, 0.15) is 5.75 Å². The van der Waals surface area contributed by atoms with Gasteiger partial charge in [-0.1, -0.05) is 0 Å². The second-order valence-corrected chi connectivity index (χ2v) is 6.54. The number of nitrogens with one attached hydrogen (secondary N) is 2. The van der Waals surface area contributed by atoms with Crippen LogP contribution in [-0.4, -0.2) is 62.4 Å². The van der Waals surface area contributed by atoms with Crippen LogP contribution in [0.25, 0.3) is 0 Å². The molecule has 0 atom stereocenters. The maximum Gasteiger partial charge on any atom is 0.230 e. The summed E-state index contributed by atoms with van der Waals surface area (Å²) in [6, 6.07) is 7.87. The van der Waals surface area contributed by atoms with Crippen molar-refractivity contribution in [2.24, 2.45) is 0 Å². The standard InChI is InChI=1S/C17H27N3O2S.ClH/c1-2-22-15-4-6-16(7-5-15)23-14-17(21)19-8-3-11-20-12-9-18-10-13-20;/h4-7,18H,2-3,8-14H2,1H3,(H,19,21);1H. The molecule has 24 heavy (non-hydrogen) atoms. The number of carbonyl (C=O) groups is 1. The van der Waals surface area contributed by atoms with Crippen molar-refractivity contribution < 1.29 is 9.53 Å². The fourth-order valence-electron chi connectivity index (χ4n) is 2.46. The van der Waals surface area contributed by atoms with Crippen molar-refractivity contribution in [3.05, 3.63) is 24.3 Å². The minimum Gasteiger partial charge on any atom is -0.494 e. The van der Waals surface area contributed by atoms with Crippen LogP contribution in [0.1, 0.15) is 13.3 Å². The van der Waals surface area contributed by atoms with Crippen LogP contribution in [0.5, 0.6) is 5.75 Å².